The third-order valence-electron chi connectivity index (χ3n) is 3.24. The van der Waals surface area contributed by atoms with Gasteiger partial charge in [-0.3, -0.25) is 0 Å². The molecular weight excluding hydrogens is 202 g/mol. The van der Waals surface area contributed by atoms with Crippen LogP contribution in [0.3, 0.4) is 0 Å². The second-order valence-electron chi connectivity index (χ2n) is 4.38. The maximum absolute atomic E-state index is 10.2. The number of hydrogen-bond donors (Lipinski definition) is 2. The molecule has 2 rings (SSSR count). The highest BCUT2D eigenvalue weighted by atomic mass is 16.5. The average molecular weight is 221 g/mol. The van der Waals surface area contributed by atoms with Gasteiger partial charge in [0.2, 0.25) is 0 Å². The number of methoxy groups -OCH3 is 1. The summed E-state index contributed by atoms with van der Waals surface area (Å²) in [6, 6.07) is 6.07. The van der Waals surface area contributed by atoms with Gasteiger partial charge in [-0.25, -0.2) is 0 Å². The number of aryl methyl sites for hydroxylation is 1. The van der Waals surface area contributed by atoms with Crippen molar-refractivity contribution in [3.05, 3.63) is 29.3 Å². The lowest BCUT2D eigenvalue weighted by molar-refractivity contribution is 0.137. The number of ether oxygens (including phenoxy) is 1. The van der Waals surface area contributed by atoms with Gasteiger partial charge in [-0.1, -0.05) is 6.07 Å². The van der Waals surface area contributed by atoms with Gasteiger partial charge in [0.15, 0.2) is 0 Å². The third-order valence-corrected chi connectivity index (χ3v) is 3.24. The number of rotatable bonds is 3. The summed E-state index contributed by atoms with van der Waals surface area (Å²) in [5, 5.41) is 13.5. The Kier molecular flexibility index (Phi) is 3.46. The van der Waals surface area contributed by atoms with Gasteiger partial charge >= 0.3 is 0 Å². The average Bonchev–Trinajstić information content (AvgIpc) is 2.81. The number of aliphatic hydroxyl groups excluding tert-OH is 1. The molecular formula is C13H19NO2. The first-order chi connectivity index (χ1) is 7.72. The standard InChI is InChI=1S/C13H19NO2/c1-9-8-10(5-6-12(9)16-2)13(15)11-4-3-7-14-11/h5-6,8,11,13-15H,3-4,7H2,1-2H3. The first kappa shape index (κ1) is 11.4. The lowest BCUT2D eigenvalue weighted by Gasteiger charge is -2.19. The number of aliphatic hydroxyl groups is 1. The Morgan fingerprint density at radius 1 is 1.50 bits per heavy atom. The fourth-order valence-corrected chi connectivity index (χ4v) is 2.30. The summed E-state index contributed by atoms with van der Waals surface area (Å²) in [5.41, 5.74) is 2.04. The molecule has 16 heavy (non-hydrogen) atoms. The number of nitrogens with one attached hydrogen (secondary N) is 1. The maximum atomic E-state index is 10.2. The van der Waals surface area contributed by atoms with Crippen LogP contribution in [0.15, 0.2) is 18.2 Å². The predicted molar refractivity (Wildman–Crippen MR) is 63.7 cm³/mol. The van der Waals surface area contributed by atoms with Crippen LogP contribution in [0.25, 0.3) is 0 Å². The van der Waals surface area contributed by atoms with E-state index in [1.165, 1.54) is 0 Å². The fourth-order valence-electron chi connectivity index (χ4n) is 2.30. The molecule has 0 spiro atoms. The SMILES string of the molecule is COc1ccc(C(O)C2CCCN2)cc1C. The molecule has 3 nitrogen and oxygen atoms in total. The molecule has 2 unspecified atom stereocenters. The van der Waals surface area contributed by atoms with Crippen molar-refractivity contribution in [2.45, 2.75) is 31.9 Å². The Hall–Kier alpha value is -1.06. The van der Waals surface area contributed by atoms with E-state index in [1.807, 2.05) is 25.1 Å². The molecule has 1 fully saturated rings. The smallest absolute Gasteiger partial charge is 0.121 e. The topological polar surface area (TPSA) is 41.5 Å². The summed E-state index contributed by atoms with van der Waals surface area (Å²) in [5.74, 6) is 0.871. The number of hydrogen-bond acceptors (Lipinski definition) is 3. The van der Waals surface area contributed by atoms with E-state index in [4.69, 9.17) is 4.74 Å². The van der Waals surface area contributed by atoms with Crippen LogP contribution in [0.2, 0.25) is 0 Å². The van der Waals surface area contributed by atoms with Crippen LogP contribution in [-0.2, 0) is 0 Å². The van der Waals surface area contributed by atoms with Crippen LogP contribution >= 0.6 is 0 Å². The van der Waals surface area contributed by atoms with Gasteiger partial charge in [0, 0.05) is 6.04 Å². The van der Waals surface area contributed by atoms with Crippen LogP contribution in [0.1, 0.15) is 30.1 Å². The van der Waals surface area contributed by atoms with Crippen LogP contribution in [0.4, 0.5) is 0 Å². The van der Waals surface area contributed by atoms with Gasteiger partial charge in [-0.05, 0) is 49.6 Å². The molecule has 0 bridgehead atoms. The summed E-state index contributed by atoms with van der Waals surface area (Å²) < 4.78 is 5.21. The molecule has 0 aromatic heterocycles. The third kappa shape index (κ3) is 2.20. The largest absolute Gasteiger partial charge is 0.496 e. The van der Waals surface area contributed by atoms with E-state index in [-0.39, 0.29) is 6.04 Å². The zero-order valence-electron chi connectivity index (χ0n) is 9.86. The van der Waals surface area contributed by atoms with E-state index in [0.29, 0.717) is 0 Å². The summed E-state index contributed by atoms with van der Waals surface area (Å²) in [7, 11) is 1.66. The molecule has 1 aliphatic heterocycles. The Bertz CT molecular complexity index is 359. The van der Waals surface area contributed by atoms with Gasteiger partial charge < -0.3 is 15.2 Å². The minimum absolute atomic E-state index is 0.202. The summed E-state index contributed by atoms with van der Waals surface area (Å²) in [6.45, 7) is 3.01. The predicted octanol–water partition coefficient (Wildman–Crippen LogP) is 1.79. The molecule has 1 saturated heterocycles. The fraction of sp³-hybridized carbons (Fsp3) is 0.538. The van der Waals surface area contributed by atoms with Gasteiger partial charge in [0.05, 0.1) is 13.2 Å². The van der Waals surface area contributed by atoms with Gasteiger partial charge in [-0.15, -0.1) is 0 Å². The van der Waals surface area contributed by atoms with Crippen LogP contribution in [-0.4, -0.2) is 24.8 Å². The van der Waals surface area contributed by atoms with Gasteiger partial charge in [-0.2, -0.15) is 0 Å². The highest BCUT2D eigenvalue weighted by molar-refractivity contribution is 5.37. The molecule has 1 aromatic rings. The van der Waals surface area contributed by atoms with Crippen molar-refractivity contribution in [1.29, 1.82) is 0 Å². The minimum atomic E-state index is -0.410. The molecule has 3 heteroatoms. The molecule has 0 aliphatic carbocycles. The maximum Gasteiger partial charge on any atom is 0.121 e. The molecule has 0 radical (unpaired) electrons. The van der Waals surface area contributed by atoms with Crippen LogP contribution < -0.4 is 10.1 Å². The highest BCUT2D eigenvalue weighted by Crippen LogP contribution is 2.27. The van der Waals surface area contributed by atoms with E-state index in [1.54, 1.807) is 7.11 Å². The van der Waals surface area contributed by atoms with Crippen molar-refractivity contribution in [3.8, 4) is 5.75 Å². The first-order valence-electron chi connectivity index (χ1n) is 5.78. The Balaban J connectivity index is 2.16. The zero-order chi connectivity index (χ0) is 11.5. The molecule has 0 saturated carbocycles. The van der Waals surface area contributed by atoms with Crippen molar-refractivity contribution in [2.24, 2.45) is 0 Å². The molecule has 2 atom stereocenters. The Morgan fingerprint density at radius 2 is 2.31 bits per heavy atom. The summed E-state index contributed by atoms with van der Waals surface area (Å²) >= 11 is 0. The second kappa shape index (κ2) is 4.85. The Labute approximate surface area is 96.4 Å². The van der Waals surface area contributed by atoms with E-state index in [9.17, 15) is 5.11 Å². The van der Waals surface area contributed by atoms with Crippen molar-refractivity contribution in [1.82, 2.24) is 5.32 Å². The molecule has 1 aromatic carbocycles. The van der Waals surface area contributed by atoms with Crippen molar-refractivity contribution in [3.63, 3.8) is 0 Å². The van der Waals surface area contributed by atoms with Gasteiger partial charge in [0.1, 0.15) is 5.75 Å². The molecule has 1 heterocycles. The van der Waals surface area contributed by atoms with Crippen molar-refractivity contribution >= 4 is 0 Å². The molecule has 2 N–H and O–H groups in total. The van der Waals surface area contributed by atoms with Crippen LogP contribution in [0, 0.1) is 6.92 Å². The van der Waals surface area contributed by atoms with Crippen molar-refractivity contribution < 1.29 is 9.84 Å². The van der Waals surface area contributed by atoms with Crippen molar-refractivity contribution in [2.75, 3.05) is 13.7 Å². The monoisotopic (exact) mass is 221 g/mol. The summed E-state index contributed by atoms with van der Waals surface area (Å²) in [4.78, 5) is 0. The Morgan fingerprint density at radius 3 is 2.88 bits per heavy atom. The second-order valence-corrected chi connectivity index (χ2v) is 4.38. The summed E-state index contributed by atoms with van der Waals surface area (Å²) in [6.07, 6.45) is 1.79. The first-order valence-corrected chi connectivity index (χ1v) is 5.78. The van der Waals surface area contributed by atoms with E-state index in [0.717, 1.165) is 36.3 Å². The molecule has 1 aliphatic rings. The highest BCUT2D eigenvalue weighted by Gasteiger charge is 2.24. The van der Waals surface area contributed by atoms with E-state index < -0.39 is 6.10 Å². The lowest BCUT2D eigenvalue weighted by Crippen LogP contribution is -2.28. The zero-order valence-corrected chi connectivity index (χ0v) is 9.86. The molecule has 0 amide bonds. The number of benzene rings is 1. The molecule has 88 valence electrons. The van der Waals surface area contributed by atoms with Crippen LogP contribution in [0.5, 0.6) is 5.75 Å². The normalized spacial score (nSPS) is 22.1. The van der Waals surface area contributed by atoms with Gasteiger partial charge in [0.25, 0.3) is 0 Å². The van der Waals surface area contributed by atoms with E-state index >= 15 is 0 Å². The lowest BCUT2D eigenvalue weighted by atomic mass is 9.99. The minimum Gasteiger partial charge on any atom is -0.496 e. The quantitative estimate of drug-likeness (QED) is 0.817. The van der Waals surface area contributed by atoms with E-state index in [2.05, 4.69) is 5.32 Å².